The van der Waals surface area contributed by atoms with E-state index in [-0.39, 0.29) is 5.91 Å². The van der Waals surface area contributed by atoms with Crippen molar-refractivity contribution in [2.24, 2.45) is 17.6 Å². The highest BCUT2D eigenvalue weighted by Gasteiger charge is 2.33. The van der Waals surface area contributed by atoms with Crippen molar-refractivity contribution in [2.45, 2.75) is 45.1 Å². The molecule has 1 amide bonds. The van der Waals surface area contributed by atoms with E-state index in [1.807, 2.05) is 0 Å². The summed E-state index contributed by atoms with van der Waals surface area (Å²) in [4.78, 5) is 13.6. The van der Waals surface area contributed by atoms with Crippen LogP contribution >= 0.6 is 0 Å². The monoisotopic (exact) mass is 253 g/mol. The van der Waals surface area contributed by atoms with E-state index >= 15 is 0 Å². The van der Waals surface area contributed by atoms with Gasteiger partial charge in [0.15, 0.2) is 0 Å². The Kier molecular flexibility index (Phi) is 5.01. The average Bonchev–Trinajstić information content (AvgIpc) is 2.85. The van der Waals surface area contributed by atoms with Gasteiger partial charge in [0.05, 0.1) is 0 Å². The lowest BCUT2D eigenvalue weighted by Crippen LogP contribution is -2.46. The maximum Gasteiger partial charge on any atom is 0.216 e. The Morgan fingerprint density at radius 2 is 2.00 bits per heavy atom. The molecule has 0 aromatic heterocycles. The number of hydrogen-bond acceptors (Lipinski definition) is 3. The van der Waals surface area contributed by atoms with Crippen LogP contribution in [0, 0.1) is 11.8 Å². The summed E-state index contributed by atoms with van der Waals surface area (Å²) in [6.07, 6.45) is 6.42. The number of rotatable bonds is 4. The van der Waals surface area contributed by atoms with Crippen LogP contribution in [0.2, 0.25) is 0 Å². The molecular weight excluding hydrogens is 226 g/mol. The van der Waals surface area contributed by atoms with E-state index in [0.29, 0.717) is 5.92 Å². The number of carbonyl (C=O) groups excluding carboxylic acids is 1. The van der Waals surface area contributed by atoms with Gasteiger partial charge < -0.3 is 16.0 Å². The van der Waals surface area contributed by atoms with Gasteiger partial charge >= 0.3 is 0 Å². The minimum Gasteiger partial charge on any atom is -0.356 e. The van der Waals surface area contributed by atoms with Crippen molar-refractivity contribution in [3.05, 3.63) is 0 Å². The molecule has 0 aromatic carbocycles. The Bertz CT molecular complexity index is 274. The van der Waals surface area contributed by atoms with Gasteiger partial charge in [0.2, 0.25) is 5.91 Å². The second-order valence-electron chi connectivity index (χ2n) is 5.91. The van der Waals surface area contributed by atoms with Crippen molar-refractivity contribution in [3.63, 3.8) is 0 Å². The molecule has 2 aliphatic rings. The van der Waals surface area contributed by atoms with Crippen molar-refractivity contribution in [3.8, 4) is 0 Å². The normalized spacial score (nSPS) is 30.6. The van der Waals surface area contributed by atoms with E-state index in [0.717, 1.165) is 25.0 Å². The fourth-order valence-corrected chi connectivity index (χ4v) is 3.55. The minimum absolute atomic E-state index is 0.0939. The summed E-state index contributed by atoms with van der Waals surface area (Å²) < 4.78 is 0. The molecule has 1 aliphatic heterocycles. The molecule has 4 nitrogen and oxygen atoms in total. The lowest BCUT2D eigenvalue weighted by Gasteiger charge is -2.38. The lowest BCUT2D eigenvalue weighted by molar-refractivity contribution is -0.119. The number of carbonyl (C=O) groups is 1. The first kappa shape index (κ1) is 13.8. The Labute approximate surface area is 110 Å². The lowest BCUT2D eigenvalue weighted by atomic mass is 9.93. The maximum absolute atomic E-state index is 10.9. The molecule has 4 heteroatoms. The summed E-state index contributed by atoms with van der Waals surface area (Å²) >= 11 is 0. The van der Waals surface area contributed by atoms with E-state index < -0.39 is 0 Å². The van der Waals surface area contributed by atoms with Gasteiger partial charge in [-0.2, -0.15) is 0 Å². The van der Waals surface area contributed by atoms with Crippen LogP contribution < -0.4 is 11.1 Å². The molecule has 2 rings (SSSR count). The molecule has 0 radical (unpaired) electrons. The number of nitrogens with zero attached hydrogens (tertiary/aromatic N) is 1. The first-order valence-corrected chi connectivity index (χ1v) is 7.39. The van der Waals surface area contributed by atoms with E-state index in [9.17, 15) is 4.79 Å². The van der Waals surface area contributed by atoms with Gasteiger partial charge in [0.25, 0.3) is 0 Å². The topological polar surface area (TPSA) is 58.4 Å². The Hall–Kier alpha value is -0.610. The fraction of sp³-hybridized carbons (Fsp3) is 0.929. The summed E-state index contributed by atoms with van der Waals surface area (Å²) in [5.74, 6) is 1.48. The molecule has 3 N–H and O–H groups in total. The van der Waals surface area contributed by atoms with Crippen LogP contribution in [-0.2, 0) is 4.79 Å². The summed E-state index contributed by atoms with van der Waals surface area (Å²) in [6, 6.07) is 0.733. The van der Waals surface area contributed by atoms with Gasteiger partial charge in [-0.1, -0.05) is 6.42 Å². The molecule has 2 atom stereocenters. The Morgan fingerprint density at radius 3 is 2.61 bits per heavy atom. The van der Waals surface area contributed by atoms with Gasteiger partial charge in [-0.3, -0.25) is 4.79 Å². The van der Waals surface area contributed by atoms with Gasteiger partial charge in [-0.15, -0.1) is 0 Å². The van der Waals surface area contributed by atoms with Crippen molar-refractivity contribution in [1.29, 1.82) is 0 Å². The number of nitrogens with one attached hydrogen (secondary N) is 1. The van der Waals surface area contributed by atoms with E-state index in [4.69, 9.17) is 5.73 Å². The van der Waals surface area contributed by atoms with Crippen LogP contribution in [-0.4, -0.2) is 43.0 Å². The van der Waals surface area contributed by atoms with Crippen LogP contribution in [0.5, 0.6) is 0 Å². The Balaban J connectivity index is 1.74. The molecule has 0 bridgehead atoms. The zero-order chi connectivity index (χ0) is 13.0. The summed E-state index contributed by atoms with van der Waals surface area (Å²) in [5.41, 5.74) is 5.87. The van der Waals surface area contributed by atoms with Crippen LogP contribution in [0.25, 0.3) is 0 Å². The average molecular weight is 253 g/mol. The second-order valence-corrected chi connectivity index (χ2v) is 5.91. The summed E-state index contributed by atoms with van der Waals surface area (Å²) in [7, 11) is 0. The predicted molar refractivity (Wildman–Crippen MR) is 73.2 cm³/mol. The fourth-order valence-electron chi connectivity index (χ4n) is 3.55. The van der Waals surface area contributed by atoms with Crippen LogP contribution in [0.1, 0.15) is 39.0 Å². The molecule has 2 fully saturated rings. The second kappa shape index (κ2) is 6.53. The molecule has 0 aromatic rings. The number of piperidine rings is 1. The van der Waals surface area contributed by atoms with Crippen molar-refractivity contribution >= 4 is 5.91 Å². The number of nitrogens with two attached hydrogens (primary N) is 1. The summed E-state index contributed by atoms with van der Waals surface area (Å²) in [6.45, 7) is 5.67. The first-order chi connectivity index (χ1) is 8.70. The standard InChI is InChI=1S/C14H27N3O/c1-11(18)16-10-12-5-7-17(8-6-12)14-4-2-3-13(14)9-15/h12-14H,2-10,15H2,1H3,(H,16,18). The highest BCUT2D eigenvalue weighted by Crippen LogP contribution is 2.31. The third kappa shape index (κ3) is 3.45. The van der Waals surface area contributed by atoms with Gasteiger partial charge in [-0.25, -0.2) is 0 Å². The third-order valence-corrected chi connectivity index (χ3v) is 4.68. The van der Waals surface area contributed by atoms with Crippen molar-refractivity contribution < 1.29 is 4.79 Å². The van der Waals surface area contributed by atoms with E-state index in [2.05, 4.69) is 10.2 Å². The van der Waals surface area contributed by atoms with Gasteiger partial charge in [-0.05, 0) is 57.2 Å². The molecule has 2 unspecified atom stereocenters. The molecule has 0 spiro atoms. The minimum atomic E-state index is 0.0939. The predicted octanol–water partition coefficient (Wildman–Crippen LogP) is 0.962. The molecule has 104 valence electrons. The zero-order valence-corrected chi connectivity index (χ0v) is 11.5. The third-order valence-electron chi connectivity index (χ3n) is 4.68. The highest BCUT2D eigenvalue weighted by atomic mass is 16.1. The number of amides is 1. The summed E-state index contributed by atoms with van der Waals surface area (Å²) in [5, 5.41) is 2.94. The number of likely N-dealkylation sites (tertiary alicyclic amines) is 1. The zero-order valence-electron chi connectivity index (χ0n) is 11.5. The molecule has 1 saturated carbocycles. The van der Waals surface area contributed by atoms with Crippen LogP contribution in [0.4, 0.5) is 0 Å². The largest absolute Gasteiger partial charge is 0.356 e. The smallest absolute Gasteiger partial charge is 0.216 e. The number of hydrogen-bond donors (Lipinski definition) is 2. The molecular formula is C14H27N3O. The molecule has 1 aliphatic carbocycles. The maximum atomic E-state index is 10.9. The molecule has 18 heavy (non-hydrogen) atoms. The van der Waals surface area contributed by atoms with Crippen LogP contribution in [0.15, 0.2) is 0 Å². The van der Waals surface area contributed by atoms with E-state index in [1.54, 1.807) is 6.92 Å². The van der Waals surface area contributed by atoms with Crippen molar-refractivity contribution in [1.82, 2.24) is 10.2 Å². The van der Waals surface area contributed by atoms with E-state index in [1.165, 1.54) is 45.2 Å². The van der Waals surface area contributed by atoms with Crippen molar-refractivity contribution in [2.75, 3.05) is 26.2 Å². The molecule has 1 saturated heterocycles. The van der Waals surface area contributed by atoms with Gasteiger partial charge in [0, 0.05) is 19.5 Å². The SMILES string of the molecule is CC(=O)NCC1CCN(C2CCCC2CN)CC1. The highest BCUT2D eigenvalue weighted by molar-refractivity contribution is 5.72. The van der Waals surface area contributed by atoms with Crippen LogP contribution in [0.3, 0.4) is 0 Å². The Morgan fingerprint density at radius 1 is 1.28 bits per heavy atom. The van der Waals surface area contributed by atoms with Gasteiger partial charge in [0.1, 0.15) is 0 Å². The molecule has 1 heterocycles. The first-order valence-electron chi connectivity index (χ1n) is 7.39. The quantitative estimate of drug-likeness (QED) is 0.784.